The van der Waals surface area contributed by atoms with Gasteiger partial charge in [0.25, 0.3) is 0 Å². The summed E-state index contributed by atoms with van der Waals surface area (Å²) in [6.45, 7) is 4.31. The highest BCUT2D eigenvalue weighted by Crippen LogP contribution is 1.98. The van der Waals surface area contributed by atoms with Crippen molar-refractivity contribution in [3.63, 3.8) is 0 Å². The molecule has 0 aliphatic heterocycles. The van der Waals surface area contributed by atoms with Crippen molar-refractivity contribution in [1.82, 2.24) is 0 Å². The molecule has 0 spiro atoms. The van der Waals surface area contributed by atoms with Crippen molar-refractivity contribution < 1.29 is 0 Å². The Morgan fingerprint density at radius 3 is 2.70 bits per heavy atom. The maximum absolute atomic E-state index is 4.78. The van der Waals surface area contributed by atoms with Gasteiger partial charge < -0.3 is 0 Å². The number of hydrogen-bond acceptors (Lipinski definition) is 1. The van der Waals surface area contributed by atoms with Gasteiger partial charge in [0.05, 0.1) is 0 Å². The zero-order chi connectivity index (χ0) is 7.82. The van der Waals surface area contributed by atoms with Gasteiger partial charge in [0, 0.05) is 5.92 Å². The maximum Gasteiger partial charge on any atom is 0.00230 e. The van der Waals surface area contributed by atoms with Crippen LogP contribution in [0.4, 0.5) is 0 Å². The lowest BCUT2D eigenvalue weighted by atomic mass is 10.1. The van der Waals surface area contributed by atoms with Crippen LogP contribution in [-0.2, 0) is 0 Å². The molecule has 0 saturated carbocycles. The molecule has 0 aromatic heterocycles. The Morgan fingerprint density at radius 1 is 1.50 bits per heavy atom. The smallest absolute Gasteiger partial charge is 0.00230 e. The summed E-state index contributed by atoms with van der Waals surface area (Å²) in [4.78, 5) is 0. The molecule has 0 aromatic carbocycles. The third-order valence-electron chi connectivity index (χ3n) is 1.38. The summed E-state index contributed by atoms with van der Waals surface area (Å²) in [6.07, 6.45) is 8.15. The molecular formula is C9H16S. The molecule has 0 saturated heterocycles. The standard InChI is InChI=1S/C9H16S/c1-3-4-5-6-7-9(2)8-10/h6-9H,3-5H2,1-2H3. The summed E-state index contributed by atoms with van der Waals surface area (Å²) in [7, 11) is 0. The van der Waals surface area contributed by atoms with Gasteiger partial charge in [0.15, 0.2) is 0 Å². The van der Waals surface area contributed by atoms with E-state index in [-0.39, 0.29) is 0 Å². The van der Waals surface area contributed by atoms with Crippen molar-refractivity contribution in [3.05, 3.63) is 12.2 Å². The van der Waals surface area contributed by atoms with Crippen LogP contribution in [0.1, 0.15) is 33.1 Å². The van der Waals surface area contributed by atoms with Crippen molar-refractivity contribution >= 4 is 17.6 Å². The second-order valence-corrected chi connectivity index (χ2v) is 2.84. The second kappa shape index (κ2) is 6.94. The first-order chi connectivity index (χ1) is 4.81. The van der Waals surface area contributed by atoms with Crippen LogP contribution in [0, 0.1) is 5.92 Å². The van der Waals surface area contributed by atoms with E-state index in [0.29, 0.717) is 5.92 Å². The molecule has 0 heterocycles. The van der Waals surface area contributed by atoms with Gasteiger partial charge >= 0.3 is 0 Å². The van der Waals surface area contributed by atoms with Gasteiger partial charge in [-0.15, -0.1) is 0 Å². The van der Waals surface area contributed by atoms with Crippen LogP contribution in [0.25, 0.3) is 0 Å². The summed E-state index contributed by atoms with van der Waals surface area (Å²) >= 11 is 4.78. The average molecular weight is 156 g/mol. The summed E-state index contributed by atoms with van der Waals surface area (Å²) in [5, 5.41) is 1.79. The number of hydrogen-bond donors (Lipinski definition) is 0. The zero-order valence-corrected chi connectivity index (χ0v) is 7.66. The van der Waals surface area contributed by atoms with E-state index in [9.17, 15) is 0 Å². The summed E-state index contributed by atoms with van der Waals surface area (Å²) < 4.78 is 0. The molecule has 0 amide bonds. The van der Waals surface area contributed by atoms with Gasteiger partial charge in [0.1, 0.15) is 0 Å². The van der Waals surface area contributed by atoms with Crippen LogP contribution in [0.2, 0.25) is 0 Å². The minimum Gasteiger partial charge on any atom is -0.0928 e. The molecule has 0 aliphatic carbocycles. The number of allylic oxidation sites excluding steroid dienone is 2. The van der Waals surface area contributed by atoms with Gasteiger partial charge in [-0.2, -0.15) is 0 Å². The van der Waals surface area contributed by atoms with E-state index in [1.165, 1.54) is 19.3 Å². The lowest BCUT2D eigenvalue weighted by Gasteiger charge is -1.93. The molecule has 1 heteroatoms. The largest absolute Gasteiger partial charge is 0.0928 e. The minimum absolute atomic E-state index is 0.465. The highest BCUT2D eigenvalue weighted by molar-refractivity contribution is 7.79. The van der Waals surface area contributed by atoms with Crippen LogP contribution >= 0.6 is 12.2 Å². The van der Waals surface area contributed by atoms with E-state index in [2.05, 4.69) is 26.0 Å². The molecule has 0 nitrogen and oxygen atoms in total. The van der Waals surface area contributed by atoms with Crippen molar-refractivity contribution in [2.24, 2.45) is 5.92 Å². The van der Waals surface area contributed by atoms with E-state index >= 15 is 0 Å². The predicted octanol–water partition coefficient (Wildman–Crippen LogP) is 3.37. The van der Waals surface area contributed by atoms with Gasteiger partial charge in [-0.3, -0.25) is 0 Å². The Bertz CT molecular complexity index is 105. The monoisotopic (exact) mass is 156 g/mol. The fourth-order valence-corrected chi connectivity index (χ4v) is 0.769. The molecule has 0 fully saturated rings. The fraction of sp³-hybridized carbons (Fsp3) is 0.667. The van der Waals surface area contributed by atoms with E-state index in [1.54, 1.807) is 5.37 Å². The minimum atomic E-state index is 0.465. The third-order valence-corrected chi connectivity index (χ3v) is 1.81. The molecule has 0 bridgehead atoms. The first-order valence-electron chi connectivity index (χ1n) is 3.93. The zero-order valence-electron chi connectivity index (χ0n) is 6.84. The Hall–Kier alpha value is -0.170. The molecule has 58 valence electrons. The topological polar surface area (TPSA) is 0 Å². The highest BCUT2D eigenvalue weighted by atomic mass is 32.1. The van der Waals surface area contributed by atoms with Crippen molar-refractivity contribution in [2.45, 2.75) is 33.1 Å². The van der Waals surface area contributed by atoms with E-state index in [0.717, 1.165) is 0 Å². The third kappa shape index (κ3) is 5.96. The predicted molar refractivity (Wildman–Crippen MR) is 51.5 cm³/mol. The fourth-order valence-electron chi connectivity index (χ4n) is 0.678. The second-order valence-electron chi connectivity index (χ2n) is 2.57. The molecule has 1 atom stereocenters. The Kier molecular flexibility index (Phi) is 6.83. The highest BCUT2D eigenvalue weighted by Gasteiger charge is 1.86. The lowest BCUT2D eigenvalue weighted by molar-refractivity contribution is 0.810. The van der Waals surface area contributed by atoms with Crippen LogP contribution in [0.15, 0.2) is 12.2 Å². The summed E-state index contributed by atoms with van der Waals surface area (Å²) in [5.74, 6) is 0.465. The molecule has 10 heavy (non-hydrogen) atoms. The van der Waals surface area contributed by atoms with Gasteiger partial charge in [-0.05, 0) is 11.8 Å². The quantitative estimate of drug-likeness (QED) is 0.334. The SMILES string of the molecule is CCCCC=CC(C)C=S. The Labute approximate surface area is 69.3 Å². The van der Waals surface area contributed by atoms with Crippen LogP contribution < -0.4 is 0 Å². The molecule has 0 aliphatic rings. The number of rotatable bonds is 5. The molecule has 0 rings (SSSR count). The van der Waals surface area contributed by atoms with E-state index < -0.39 is 0 Å². The van der Waals surface area contributed by atoms with Crippen molar-refractivity contribution in [2.75, 3.05) is 0 Å². The normalized spacial score (nSPS) is 13.8. The number of thiocarbonyl (C=S) groups is 1. The molecule has 0 N–H and O–H groups in total. The van der Waals surface area contributed by atoms with Crippen LogP contribution in [0.5, 0.6) is 0 Å². The first kappa shape index (κ1) is 9.83. The average Bonchev–Trinajstić information content (AvgIpc) is 1.98. The molecular weight excluding hydrogens is 140 g/mol. The van der Waals surface area contributed by atoms with Crippen LogP contribution in [0.3, 0.4) is 0 Å². The van der Waals surface area contributed by atoms with Crippen molar-refractivity contribution in [3.8, 4) is 0 Å². The summed E-state index contributed by atoms with van der Waals surface area (Å²) in [5.41, 5.74) is 0. The number of unbranched alkanes of at least 4 members (excludes halogenated alkanes) is 2. The first-order valence-corrected chi connectivity index (χ1v) is 4.40. The lowest BCUT2D eigenvalue weighted by Crippen LogP contribution is -1.85. The van der Waals surface area contributed by atoms with Crippen molar-refractivity contribution in [1.29, 1.82) is 0 Å². The Morgan fingerprint density at radius 2 is 2.20 bits per heavy atom. The van der Waals surface area contributed by atoms with Gasteiger partial charge in [-0.1, -0.05) is 51.1 Å². The molecule has 0 aromatic rings. The van der Waals surface area contributed by atoms with E-state index in [4.69, 9.17) is 12.2 Å². The maximum atomic E-state index is 4.78. The Balaban J connectivity index is 3.26. The molecule has 0 radical (unpaired) electrons. The van der Waals surface area contributed by atoms with E-state index in [1.807, 2.05) is 0 Å². The van der Waals surface area contributed by atoms with Gasteiger partial charge in [-0.25, -0.2) is 0 Å². The summed E-state index contributed by atoms with van der Waals surface area (Å²) in [6, 6.07) is 0. The van der Waals surface area contributed by atoms with Gasteiger partial charge in [0.2, 0.25) is 0 Å². The molecule has 1 unspecified atom stereocenters. The van der Waals surface area contributed by atoms with Crippen LogP contribution in [-0.4, -0.2) is 5.37 Å².